The summed E-state index contributed by atoms with van der Waals surface area (Å²) in [6.45, 7) is 7.11. The van der Waals surface area contributed by atoms with Crippen molar-refractivity contribution in [1.29, 1.82) is 0 Å². The van der Waals surface area contributed by atoms with Crippen LogP contribution in [0.2, 0.25) is 5.02 Å². The summed E-state index contributed by atoms with van der Waals surface area (Å²) in [4.78, 5) is 53.0. The molecule has 8 nitrogen and oxygen atoms in total. The fourth-order valence-electron chi connectivity index (χ4n) is 5.05. The van der Waals surface area contributed by atoms with Gasteiger partial charge in [-0.25, -0.2) is 0 Å². The molecule has 3 heterocycles. The van der Waals surface area contributed by atoms with Gasteiger partial charge in [-0.1, -0.05) is 17.7 Å². The molecule has 2 saturated heterocycles. The van der Waals surface area contributed by atoms with E-state index < -0.39 is 52.6 Å². The molecule has 1 aromatic carbocycles. The quantitative estimate of drug-likeness (QED) is 0.619. The number of nitrogens with one attached hydrogen (secondary N) is 2. The largest absolute Gasteiger partial charge is 0.370 e. The molecule has 0 aromatic heterocycles. The molecule has 4 atom stereocenters. The zero-order chi connectivity index (χ0) is 21.5. The molecule has 4 amide bonds. The van der Waals surface area contributed by atoms with Crippen LogP contribution < -0.4 is 16.4 Å². The highest BCUT2D eigenvalue weighted by Gasteiger charge is 2.71. The number of anilines is 1. The average Bonchev–Trinajstić information content (AvgIpc) is 3.13. The van der Waals surface area contributed by atoms with Crippen molar-refractivity contribution in [2.45, 2.75) is 51.2 Å². The van der Waals surface area contributed by atoms with Gasteiger partial charge in [0.1, 0.15) is 5.54 Å². The Bertz CT molecular complexity index is 985. The van der Waals surface area contributed by atoms with E-state index in [4.69, 9.17) is 17.3 Å². The summed E-state index contributed by atoms with van der Waals surface area (Å²) in [7, 11) is 0. The van der Waals surface area contributed by atoms with Crippen LogP contribution in [-0.2, 0) is 24.7 Å². The number of carbonyl (C=O) groups is 4. The molecule has 2 fully saturated rings. The SMILES string of the molecule is Cc1cc(Cl)c2c(c1)C1(NC(CC(N)=O)C3C(=O)N(C(C)(C)C)C(=O)C31)C(=O)N2. The fraction of sp³-hybridized carbons (Fsp3) is 0.500. The van der Waals surface area contributed by atoms with E-state index in [0.717, 1.165) is 5.56 Å². The number of nitrogens with zero attached hydrogens (tertiary/aromatic N) is 1. The number of hydrogen-bond donors (Lipinski definition) is 3. The van der Waals surface area contributed by atoms with Crippen molar-refractivity contribution in [3.8, 4) is 0 Å². The molecule has 154 valence electrons. The minimum Gasteiger partial charge on any atom is -0.370 e. The second-order valence-corrected chi connectivity index (χ2v) is 9.45. The van der Waals surface area contributed by atoms with Crippen LogP contribution in [0.1, 0.15) is 38.3 Å². The number of primary amides is 1. The Labute approximate surface area is 173 Å². The fourth-order valence-corrected chi connectivity index (χ4v) is 5.37. The molecule has 0 saturated carbocycles. The van der Waals surface area contributed by atoms with Gasteiger partial charge in [-0.15, -0.1) is 0 Å². The summed E-state index contributed by atoms with van der Waals surface area (Å²) in [6, 6.07) is 2.76. The summed E-state index contributed by atoms with van der Waals surface area (Å²) in [5, 5.41) is 6.28. The summed E-state index contributed by atoms with van der Waals surface area (Å²) < 4.78 is 0. The monoisotopic (exact) mass is 418 g/mol. The van der Waals surface area contributed by atoms with Crippen LogP contribution in [0.4, 0.5) is 5.69 Å². The molecule has 3 aliphatic heterocycles. The lowest BCUT2D eigenvalue weighted by Gasteiger charge is -2.34. The van der Waals surface area contributed by atoms with Crippen molar-refractivity contribution < 1.29 is 19.2 Å². The number of nitrogens with two attached hydrogens (primary N) is 1. The van der Waals surface area contributed by atoms with Gasteiger partial charge in [0.15, 0.2) is 0 Å². The summed E-state index contributed by atoms with van der Waals surface area (Å²) in [5.74, 6) is -3.77. The maximum absolute atomic E-state index is 13.5. The minimum absolute atomic E-state index is 0.165. The molecule has 0 radical (unpaired) electrons. The number of benzene rings is 1. The van der Waals surface area contributed by atoms with E-state index in [0.29, 0.717) is 16.3 Å². The Hall–Kier alpha value is -2.45. The van der Waals surface area contributed by atoms with Crippen molar-refractivity contribution in [2.75, 3.05) is 5.32 Å². The predicted octanol–water partition coefficient (Wildman–Crippen LogP) is 1.04. The van der Waals surface area contributed by atoms with Gasteiger partial charge in [-0.05, 0) is 39.3 Å². The maximum atomic E-state index is 13.5. The highest BCUT2D eigenvalue weighted by atomic mass is 35.5. The number of carbonyl (C=O) groups excluding carboxylic acids is 4. The van der Waals surface area contributed by atoms with Crippen LogP contribution in [-0.4, -0.2) is 40.1 Å². The van der Waals surface area contributed by atoms with Crippen molar-refractivity contribution >= 4 is 40.9 Å². The van der Waals surface area contributed by atoms with Gasteiger partial charge in [0.05, 0.1) is 22.5 Å². The number of halogens is 1. The average molecular weight is 419 g/mol. The lowest BCUT2D eigenvalue weighted by atomic mass is 9.76. The Morgan fingerprint density at radius 3 is 2.48 bits per heavy atom. The third kappa shape index (κ3) is 2.55. The Kier molecular flexibility index (Phi) is 4.12. The summed E-state index contributed by atoms with van der Waals surface area (Å²) >= 11 is 6.35. The first-order valence-electron chi connectivity index (χ1n) is 9.45. The Morgan fingerprint density at radius 2 is 1.90 bits per heavy atom. The van der Waals surface area contributed by atoms with Crippen LogP contribution in [0.25, 0.3) is 0 Å². The number of imide groups is 1. The highest BCUT2D eigenvalue weighted by Crippen LogP contribution is 2.55. The molecule has 9 heteroatoms. The number of hydrogen-bond acceptors (Lipinski definition) is 5. The van der Waals surface area contributed by atoms with Crippen LogP contribution in [0.15, 0.2) is 12.1 Å². The van der Waals surface area contributed by atoms with Crippen LogP contribution in [0.5, 0.6) is 0 Å². The molecule has 0 aliphatic carbocycles. The number of fused-ring (bicyclic) bond motifs is 4. The Morgan fingerprint density at radius 1 is 1.24 bits per heavy atom. The molecule has 0 bridgehead atoms. The van der Waals surface area contributed by atoms with Crippen molar-refractivity contribution in [2.24, 2.45) is 17.6 Å². The van der Waals surface area contributed by atoms with Gasteiger partial charge < -0.3 is 11.1 Å². The van der Waals surface area contributed by atoms with Gasteiger partial charge in [0, 0.05) is 23.6 Å². The molecule has 1 aromatic rings. The normalized spacial score (nSPS) is 30.7. The third-order valence-electron chi connectivity index (χ3n) is 6.01. The molecule has 4 unspecified atom stereocenters. The third-order valence-corrected chi connectivity index (χ3v) is 6.31. The van der Waals surface area contributed by atoms with Gasteiger partial charge in [0.25, 0.3) is 0 Å². The molecule has 29 heavy (non-hydrogen) atoms. The zero-order valence-corrected chi connectivity index (χ0v) is 17.4. The Balaban J connectivity index is 1.95. The minimum atomic E-state index is -1.48. The first-order chi connectivity index (χ1) is 13.4. The molecule has 1 spiro atoms. The standard InChI is InChI=1S/C20H23ClN4O4/c1-8-5-9-15(10(21)6-8)23-18(29)20(9)14-13(11(24-20)7-12(22)26)16(27)25(17(14)28)19(2,3)4/h5-6,11,13-14,24H,7H2,1-4H3,(H2,22,26)(H,23,29). The van der Waals surface area contributed by atoms with Crippen LogP contribution >= 0.6 is 11.6 Å². The summed E-state index contributed by atoms with van der Waals surface area (Å²) in [5.41, 5.74) is 4.91. The van der Waals surface area contributed by atoms with Gasteiger partial charge >= 0.3 is 0 Å². The molecule has 4 N–H and O–H groups in total. The molecular formula is C20H23ClN4O4. The lowest BCUT2D eigenvalue weighted by molar-refractivity contribution is -0.147. The van der Waals surface area contributed by atoms with E-state index in [-0.39, 0.29) is 6.42 Å². The van der Waals surface area contributed by atoms with E-state index in [1.807, 2.05) is 6.92 Å². The first-order valence-corrected chi connectivity index (χ1v) is 9.83. The maximum Gasteiger partial charge on any atom is 0.250 e. The number of rotatable bonds is 2. The highest BCUT2D eigenvalue weighted by molar-refractivity contribution is 6.35. The molecular weight excluding hydrogens is 396 g/mol. The van der Waals surface area contributed by atoms with E-state index in [1.165, 1.54) is 4.90 Å². The van der Waals surface area contributed by atoms with Gasteiger partial charge in [-0.3, -0.25) is 29.4 Å². The number of aryl methyl sites for hydroxylation is 1. The van der Waals surface area contributed by atoms with E-state index in [2.05, 4.69) is 10.6 Å². The van der Waals surface area contributed by atoms with Crippen molar-refractivity contribution in [3.63, 3.8) is 0 Å². The van der Waals surface area contributed by atoms with Gasteiger partial charge in [0.2, 0.25) is 23.6 Å². The first kappa shape index (κ1) is 19.8. The molecule has 4 rings (SSSR count). The second-order valence-electron chi connectivity index (χ2n) is 9.04. The van der Waals surface area contributed by atoms with E-state index in [9.17, 15) is 19.2 Å². The second kappa shape index (κ2) is 6.03. The van der Waals surface area contributed by atoms with Gasteiger partial charge in [-0.2, -0.15) is 0 Å². The van der Waals surface area contributed by atoms with Crippen molar-refractivity contribution in [1.82, 2.24) is 10.2 Å². The van der Waals surface area contributed by atoms with Crippen molar-refractivity contribution in [3.05, 3.63) is 28.3 Å². The number of likely N-dealkylation sites (tertiary alicyclic amines) is 1. The summed E-state index contributed by atoms with van der Waals surface area (Å²) in [6.07, 6.45) is -0.165. The smallest absolute Gasteiger partial charge is 0.250 e. The number of amides is 4. The topological polar surface area (TPSA) is 122 Å². The van der Waals surface area contributed by atoms with E-state index in [1.54, 1.807) is 32.9 Å². The lowest BCUT2D eigenvalue weighted by Crippen LogP contribution is -2.56. The van der Waals surface area contributed by atoms with Crippen LogP contribution in [0, 0.1) is 18.8 Å². The van der Waals surface area contributed by atoms with E-state index >= 15 is 0 Å². The van der Waals surface area contributed by atoms with Crippen LogP contribution in [0.3, 0.4) is 0 Å². The predicted molar refractivity (Wildman–Crippen MR) is 106 cm³/mol. The zero-order valence-electron chi connectivity index (χ0n) is 16.6. The molecule has 3 aliphatic rings.